The third-order valence-electron chi connectivity index (χ3n) is 5.22. The van der Waals surface area contributed by atoms with E-state index in [4.69, 9.17) is 0 Å². The minimum atomic E-state index is -0.462. The fraction of sp³-hybridized carbons (Fsp3) is 0.192. The van der Waals surface area contributed by atoms with Gasteiger partial charge in [0.15, 0.2) is 5.78 Å². The molecule has 3 aromatic carbocycles. The van der Waals surface area contributed by atoms with Crippen molar-refractivity contribution in [2.75, 3.05) is 10.6 Å². The molecule has 1 aliphatic rings. The molecule has 0 heterocycles. The Hall–Kier alpha value is -3.38. The van der Waals surface area contributed by atoms with Gasteiger partial charge in [-0.2, -0.15) is 0 Å². The molecule has 0 saturated heterocycles. The third kappa shape index (κ3) is 5.65. The number of carbonyl (C=O) groups excluding carboxylic acids is 3. The first-order valence-corrected chi connectivity index (χ1v) is 11.4. The van der Waals surface area contributed by atoms with Crippen LogP contribution in [0.5, 0.6) is 0 Å². The highest BCUT2D eigenvalue weighted by atomic mass is 32.2. The van der Waals surface area contributed by atoms with Gasteiger partial charge in [0, 0.05) is 27.8 Å². The number of amides is 2. The number of nitrogens with one attached hydrogen (secondary N) is 2. The van der Waals surface area contributed by atoms with E-state index in [0.29, 0.717) is 11.3 Å². The molecular formula is C26H24N2O3S. The first-order valence-electron chi connectivity index (χ1n) is 10.5. The molecule has 6 heteroatoms. The number of Topliss-reactive ketones (excluding diaryl/α,β-unsaturated/α-hetero) is 1. The van der Waals surface area contributed by atoms with Crippen molar-refractivity contribution in [3.05, 3.63) is 90.0 Å². The average molecular weight is 445 g/mol. The van der Waals surface area contributed by atoms with Crippen LogP contribution in [-0.4, -0.2) is 17.6 Å². The van der Waals surface area contributed by atoms with Crippen molar-refractivity contribution in [3.8, 4) is 0 Å². The Labute approximate surface area is 191 Å². The largest absolute Gasteiger partial charge is 0.326 e. The van der Waals surface area contributed by atoms with Gasteiger partial charge in [0.05, 0.1) is 0 Å². The summed E-state index contributed by atoms with van der Waals surface area (Å²) >= 11 is 1.44. The molecule has 5 nitrogen and oxygen atoms in total. The molecule has 1 aliphatic carbocycles. The van der Waals surface area contributed by atoms with E-state index in [-0.39, 0.29) is 23.5 Å². The van der Waals surface area contributed by atoms with E-state index in [1.54, 1.807) is 24.3 Å². The van der Waals surface area contributed by atoms with Gasteiger partial charge in [0.2, 0.25) is 11.8 Å². The second kappa shape index (κ2) is 9.83. The Morgan fingerprint density at radius 2 is 1.41 bits per heavy atom. The van der Waals surface area contributed by atoms with E-state index < -0.39 is 5.25 Å². The van der Waals surface area contributed by atoms with Crippen molar-refractivity contribution in [1.29, 1.82) is 0 Å². The Bertz CT molecular complexity index is 1110. The van der Waals surface area contributed by atoms with E-state index in [2.05, 4.69) is 10.6 Å². The monoisotopic (exact) mass is 444 g/mol. The molecule has 0 aliphatic heterocycles. The van der Waals surface area contributed by atoms with Gasteiger partial charge in [0.1, 0.15) is 5.25 Å². The van der Waals surface area contributed by atoms with Crippen molar-refractivity contribution in [2.45, 2.75) is 29.9 Å². The predicted octanol–water partition coefficient (Wildman–Crippen LogP) is 5.71. The van der Waals surface area contributed by atoms with Crippen LogP contribution >= 0.6 is 11.8 Å². The van der Waals surface area contributed by atoms with Gasteiger partial charge in [-0.25, -0.2) is 0 Å². The second-order valence-electron chi connectivity index (χ2n) is 7.82. The minimum absolute atomic E-state index is 0.0163. The van der Waals surface area contributed by atoms with Crippen molar-refractivity contribution in [1.82, 2.24) is 0 Å². The first-order chi connectivity index (χ1) is 15.5. The molecule has 0 bridgehead atoms. The highest BCUT2D eigenvalue weighted by Gasteiger charge is 2.29. The van der Waals surface area contributed by atoms with Crippen LogP contribution in [0, 0.1) is 5.92 Å². The van der Waals surface area contributed by atoms with Gasteiger partial charge in [-0.05, 0) is 73.9 Å². The summed E-state index contributed by atoms with van der Waals surface area (Å²) in [6.07, 6.45) is 1.93. The van der Waals surface area contributed by atoms with Gasteiger partial charge in [-0.15, -0.1) is 11.8 Å². The van der Waals surface area contributed by atoms with Gasteiger partial charge < -0.3 is 10.6 Å². The standard InChI is InChI=1S/C26H24N2O3S/c1-17(29)18-9-11-21(12-10-18)28-26(31)24(19-5-3-2-4-6-19)32-23-15-13-22(14-16-23)27-25(30)20-7-8-20/h2-6,9-16,20,24H,7-8H2,1H3,(H,27,30)(H,28,31). The molecule has 2 amide bonds. The highest BCUT2D eigenvalue weighted by Crippen LogP contribution is 2.37. The Morgan fingerprint density at radius 3 is 2.00 bits per heavy atom. The van der Waals surface area contributed by atoms with Crippen LogP contribution in [0.15, 0.2) is 83.8 Å². The molecule has 3 aromatic rings. The summed E-state index contributed by atoms with van der Waals surface area (Å²) in [6.45, 7) is 1.51. The van der Waals surface area contributed by atoms with Crippen molar-refractivity contribution in [2.24, 2.45) is 5.92 Å². The number of hydrogen-bond donors (Lipinski definition) is 2. The lowest BCUT2D eigenvalue weighted by molar-refractivity contribution is -0.117. The van der Waals surface area contributed by atoms with E-state index in [1.165, 1.54) is 18.7 Å². The van der Waals surface area contributed by atoms with Crippen LogP contribution in [-0.2, 0) is 9.59 Å². The molecule has 4 rings (SSSR count). The predicted molar refractivity (Wildman–Crippen MR) is 128 cm³/mol. The molecule has 0 radical (unpaired) electrons. The Balaban J connectivity index is 1.48. The topological polar surface area (TPSA) is 75.3 Å². The SMILES string of the molecule is CC(=O)c1ccc(NC(=O)C(Sc2ccc(NC(=O)C3CC3)cc2)c2ccccc2)cc1. The maximum Gasteiger partial charge on any atom is 0.242 e. The van der Waals surface area contributed by atoms with Gasteiger partial charge in [-0.3, -0.25) is 14.4 Å². The lowest BCUT2D eigenvalue weighted by atomic mass is 10.1. The van der Waals surface area contributed by atoms with Crippen molar-refractivity contribution < 1.29 is 14.4 Å². The molecule has 162 valence electrons. The maximum atomic E-state index is 13.2. The summed E-state index contributed by atoms with van der Waals surface area (Å²) in [6, 6.07) is 24.0. The Morgan fingerprint density at radius 1 is 0.812 bits per heavy atom. The van der Waals surface area contributed by atoms with Crippen molar-refractivity contribution >= 4 is 40.7 Å². The molecule has 1 unspecified atom stereocenters. The van der Waals surface area contributed by atoms with E-state index >= 15 is 0 Å². The number of ketones is 1. The second-order valence-corrected chi connectivity index (χ2v) is 9.00. The van der Waals surface area contributed by atoms with Gasteiger partial charge in [0.25, 0.3) is 0 Å². The quantitative estimate of drug-likeness (QED) is 0.345. The average Bonchev–Trinajstić information content (AvgIpc) is 3.65. The van der Waals surface area contributed by atoms with E-state index in [0.717, 1.165) is 29.0 Å². The fourth-order valence-corrected chi connectivity index (χ4v) is 4.26. The molecule has 0 spiro atoms. The minimum Gasteiger partial charge on any atom is -0.326 e. The Kier molecular flexibility index (Phi) is 6.71. The molecule has 1 atom stereocenters. The fourth-order valence-electron chi connectivity index (χ4n) is 3.24. The number of benzene rings is 3. The zero-order chi connectivity index (χ0) is 22.5. The van der Waals surface area contributed by atoms with Crippen LogP contribution in [0.4, 0.5) is 11.4 Å². The van der Waals surface area contributed by atoms with E-state index in [9.17, 15) is 14.4 Å². The zero-order valence-corrected chi connectivity index (χ0v) is 18.5. The number of hydrogen-bond acceptors (Lipinski definition) is 4. The maximum absolute atomic E-state index is 13.2. The number of anilines is 2. The summed E-state index contributed by atoms with van der Waals surface area (Å²) < 4.78 is 0. The molecule has 2 N–H and O–H groups in total. The summed E-state index contributed by atoms with van der Waals surface area (Å²) in [7, 11) is 0. The van der Waals surface area contributed by atoms with Crippen LogP contribution in [0.1, 0.15) is 40.9 Å². The van der Waals surface area contributed by atoms with E-state index in [1.807, 2.05) is 54.6 Å². The summed E-state index contributed by atoms with van der Waals surface area (Å²) in [5.74, 6) is 0.0581. The van der Waals surface area contributed by atoms with Crippen molar-refractivity contribution in [3.63, 3.8) is 0 Å². The molecule has 32 heavy (non-hydrogen) atoms. The first kappa shape index (κ1) is 21.8. The number of thioether (sulfide) groups is 1. The van der Waals surface area contributed by atoms with Crippen LogP contribution in [0.2, 0.25) is 0 Å². The summed E-state index contributed by atoms with van der Waals surface area (Å²) in [5.41, 5.74) is 2.89. The molecule has 1 saturated carbocycles. The molecular weight excluding hydrogens is 420 g/mol. The third-order valence-corrected chi connectivity index (χ3v) is 6.49. The van der Waals surface area contributed by atoms with Crippen LogP contribution in [0.25, 0.3) is 0 Å². The molecule has 0 aromatic heterocycles. The lowest BCUT2D eigenvalue weighted by Gasteiger charge is -2.17. The number of carbonyl (C=O) groups is 3. The summed E-state index contributed by atoms with van der Waals surface area (Å²) in [5, 5.41) is 5.43. The lowest BCUT2D eigenvalue weighted by Crippen LogP contribution is -2.19. The smallest absolute Gasteiger partial charge is 0.242 e. The summed E-state index contributed by atoms with van der Waals surface area (Å²) in [4.78, 5) is 37.5. The van der Waals surface area contributed by atoms with Gasteiger partial charge in [-0.1, -0.05) is 30.3 Å². The normalized spacial score (nSPS) is 13.8. The number of rotatable bonds is 8. The van der Waals surface area contributed by atoms with Crippen LogP contribution < -0.4 is 10.6 Å². The van der Waals surface area contributed by atoms with Crippen LogP contribution in [0.3, 0.4) is 0 Å². The zero-order valence-electron chi connectivity index (χ0n) is 17.7. The van der Waals surface area contributed by atoms with Gasteiger partial charge >= 0.3 is 0 Å². The highest BCUT2D eigenvalue weighted by molar-refractivity contribution is 8.00. The molecule has 1 fully saturated rings.